The van der Waals surface area contributed by atoms with Gasteiger partial charge in [0.25, 0.3) is 0 Å². The van der Waals surface area contributed by atoms with Gasteiger partial charge in [0.05, 0.1) is 0 Å². The molecule has 5 heteroatoms. The predicted molar refractivity (Wildman–Crippen MR) is 91.6 cm³/mol. The summed E-state index contributed by atoms with van der Waals surface area (Å²) in [6.45, 7) is 7.41. The molecule has 0 saturated carbocycles. The van der Waals surface area contributed by atoms with Gasteiger partial charge in [-0.1, -0.05) is 12.1 Å². The Morgan fingerprint density at radius 3 is 2.78 bits per heavy atom. The van der Waals surface area contributed by atoms with Crippen molar-refractivity contribution in [3.8, 4) is 0 Å². The lowest BCUT2D eigenvalue weighted by Gasteiger charge is -2.17. The Labute approximate surface area is 136 Å². The molecule has 2 heterocycles. The number of nitrogens with zero attached hydrogens (tertiary/aromatic N) is 3. The van der Waals surface area contributed by atoms with E-state index in [0.29, 0.717) is 13.0 Å². The summed E-state index contributed by atoms with van der Waals surface area (Å²) in [6, 6.07) is 8.14. The van der Waals surface area contributed by atoms with Crippen molar-refractivity contribution in [2.75, 3.05) is 16.8 Å². The summed E-state index contributed by atoms with van der Waals surface area (Å²) in [6.07, 6.45) is 1.60. The highest BCUT2D eigenvalue weighted by Gasteiger charge is 2.21. The Morgan fingerprint density at radius 2 is 2.04 bits per heavy atom. The zero-order valence-corrected chi connectivity index (χ0v) is 13.9. The van der Waals surface area contributed by atoms with Gasteiger partial charge >= 0.3 is 0 Å². The Morgan fingerprint density at radius 1 is 1.22 bits per heavy atom. The van der Waals surface area contributed by atoms with Crippen LogP contribution in [0, 0.1) is 20.8 Å². The van der Waals surface area contributed by atoms with E-state index < -0.39 is 0 Å². The van der Waals surface area contributed by atoms with Crippen molar-refractivity contribution in [1.29, 1.82) is 0 Å². The van der Waals surface area contributed by atoms with Crippen molar-refractivity contribution in [3.63, 3.8) is 0 Å². The molecule has 5 nitrogen and oxygen atoms in total. The standard InChI is InChI=1S/C18H22N4O/c1-12-13(2)20-14(3)21-18(12)19-11-15-6-4-7-16(10-15)22-9-5-8-17(22)23/h4,6-7,10H,5,8-9,11H2,1-3H3,(H,19,20,21). The SMILES string of the molecule is Cc1nc(C)c(C)c(NCc2cccc(N3CCCC3=O)c2)n1. The minimum Gasteiger partial charge on any atom is -0.366 e. The summed E-state index contributed by atoms with van der Waals surface area (Å²) in [4.78, 5) is 22.6. The molecule has 0 spiro atoms. The van der Waals surface area contributed by atoms with Gasteiger partial charge in [-0.15, -0.1) is 0 Å². The highest BCUT2D eigenvalue weighted by molar-refractivity contribution is 5.95. The van der Waals surface area contributed by atoms with Crippen LogP contribution in [0.4, 0.5) is 11.5 Å². The van der Waals surface area contributed by atoms with E-state index >= 15 is 0 Å². The van der Waals surface area contributed by atoms with Gasteiger partial charge in [0.15, 0.2) is 0 Å². The number of aromatic nitrogens is 2. The zero-order chi connectivity index (χ0) is 16.4. The number of nitrogens with one attached hydrogen (secondary N) is 1. The molecule has 23 heavy (non-hydrogen) atoms. The van der Waals surface area contributed by atoms with Crippen molar-refractivity contribution < 1.29 is 4.79 Å². The van der Waals surface area contributed by atoms with Crippen molar-refractivity contribution in [1.82, 2.24) is 9.97 Å². The number of amides is 1. The van der Waals surface area contributed by atoms with E-state index in [2.05, 4.69) is 27.4 Å². The van der Waals surface area contributed by atoms with Gasteiger partial charge in [-0.05, 0) is 44.9 Å². The van der Waals surface area contributed by atoms with Gasteiger partial charge in [-0.3, -0.25) is 4.79 Å². The second kappa shape index (κ2) is 6.36. The van der Waals surface area contributed by atoms with E-state index in [1.165, 1.54) is 0 Å². The van der Waals surface area contributed by atoms with E-state index in [4.69, 9.17) is 0 Å². The highest BCUT2D eigenvalue weighted by atomic mass is 16.2. The molecular weight excluding hydrogens is 288 g/mol. The molecule has 2 aromatic rings. The van der Waals surface area contributed by atoms with Crippen LogP contribution >= 0.6 is 0 Å². The molecule has 1 aromatic heterocycles. The molecule has 1 saturated heterocycles. The summed E-state index contributed by atoms with van der Waals surface area (Å²) in [5.74, 6) is 1.86. The Hall–Kier alpha value is -2.43. The maximum absolute atomic E-state index is 11.9. The number of rotatable bonds is 4. The fourth-order valence-electron chi connectivity index (χ4n) is 2.88. The normalized spacial score (nSPS) is 14.4. The van der Waals surface area contributed by atoms with Crippen molar-refractivity contribution in [3.05, 3.63) is 46.9 Å². The van der Waals surface area contributed by atoms with E-state index in [-0.39, 0.29) is 5.91 Å². The molecule has 1 amide bonds. The summed E-state index contributed by atoms with van der Waals surface area (Å²) in [5, 5.41) is 3.39. The molecule has 3 rings (SSSR count). The Bertz CT molecular complexity index is 742. The predicted octanol–water partition coefficient (Wildman–Crippen LogP) is 3.14. The van der Waals surface area contributed by atoms with Crippen LogP contribution in [-0.4, -0.2) is 22.4 Å². The third kappa shape index (κ3) is 3.33. The lowest BCUT2D eigenvalue weighted by molar-refractivity contribution is -0.117. The largest absolute Gasteiger partial charge is 0.366 e. The van der Waals surface area contributed by atoms with Crippen LogP contribution < -0.4 is 10.2 Å². The second-order valence-corrected chi connectivity index (χ2v) is 6.00. The van der Waals surface area contributed by atoms with E-state index in [1.54, 1.807) is 0 Å². The number of aryl methyl sites for hydroxylation is 2. The maximum atomic E-state index is 11.9. The molecular formula is C18H22N4O. The lowest BCUT2D eigenvalue weighted by Crippen LogP contribution is -2.23. The molecule has 0 atom stereocenters. The van der Waals surface area contributed by atoms with E-state index in [9.17, 15) is 4.79 Å². The summed E-state index contributed by atoms with van der Waals surface area (Å²) in [7, 11) is 0. The fraction of sp³-hybridized carbons (Fsp3) is 0.389. The summed E-state index contributed by atoms with van der Waals surface area (Å²) >= 11 is 0. The second-order valence-electron chi connectivity index (χ2n) is 6.00. The first-order valence-corrected chi connectivity index (χ1v) is 7.99. The monoisotopic (exact) mass is 310 g/mol. The maximum Gasteiger partial charge on any atom is 0.227 e. The molecule has 0 unspecified atom stereocenters. The number of carbonyl (C=O) groups excluding carboxylic acids is 1. The van der Waals surface area contributed by atoms with Crippen LogP contribution in [-0.2, 0) is 11.3 Å². The first-order chi connectivity index (χ1) is 11.0. The molecule has 1 N–H and O–H groups in total. The first kappa shape index (κ1) is 15.5. The van der Waals surface area contributed by atoms with Gasteiger partial charge in [-0.2, -0.15) is 0 Å². The average molecular weight is 310 g/mol. The van der Waals surface area contributed by atoms with E-state index in [1.807, 2.05) is 37.8 Å². The minimum absolute atomic E-state index is 0.216. The molecule has 0 aliphatic carbocycles. The number of benzene rings is 1. The number of anilines is 2. The lowest BCUT2D eigenvalue weighted by atomic mass is 10.1. The van der Waals surface area contributed by atoms with Crippen LogP contribution in [0.15, 0.2) is 24.3 Å². The fourth-order valence-corrected chi connectivity index (χ4v) is 2.88. The summed E-state index contributed by atoms with van der Waals surface area (Å²) < 4.78 is 0. The van der Waals surface area contributed by atoms with Gasteiger partial charge in [0.1, 0.15) is 11.6 Å². The van der Waals surface area contributed by atoms with Crippen LogP contribution in [0.1, 0.15) is 35.5 Å². The highest BCUT2D eigenvalue weighted by Crippen LogP contribution is 2.23. The van der Waals surface area contributed by atoms with E-state index in [0.717, 1.165) is 47.1 Å². The molecule has 120 valence electrons. The van der Waals surface area contributed by atoms with Gasteiger partial charge < -0.3 is 10.2 Å². The Balaban J connectivity index is 1.75. The van der Waals surface area contributed by atoms with Crippen LogP contribution in [0.3, 0.4) is 0 Å². The molecule has 0 radical (unpaired) electrons. The number of hydrogen-bond acceptors (Lipinski definition) is 4. The third-order valence-electron chi connectivity index (χ3n) is 4.26. The molecule has 0 bridgehead atoms. The van der Waals surface area contributed by atoms with Gasteiger partial charge in [0.2, 0.25) is 5.91 Å². The van der Waals surface area contributed by atoms with Crippen LogP contribution in [0.25, 0.3) is 0 Å². The topological polar surface area (TPSA) is 58.1 Å². The summed E-state index contributed by atoms with van der Waals surface area (Å²) in [5.41, 5.74) is 4.19. The first-order valence-electron chi connectivity index (χ1n) is 7.99. The van der Waals surface area contributed by atoms with Crippen LogP contribution in [0.2, 0.25) is 0 Å². The molecule has 1 aliphatic rings. The Kier molecular flexibility index (Phi) is 4.28. The number of carbonyl (C=O) groups is 1. The molecule has 1 aliphatic heterocycles. The third-order valence-corrected chi connectivity index (χ3v) is 4.26. The molecule has 1 aromatic carbocycles. The average Bonchev–Trinajstić information content (AvgIpc) is 2.96. The smallest absolute Gasteiger partial charge is 0.227 e. The minimum atomic E-state index is 0.216. The van der Waals surface area contributed by atoms with Crippen molar-refractivity contribution in [2.45, 2.75) is 40.2 Å². The van der Waals surface area contributed by atoms with Crippen molar-refractivity contribution >= 4 is 17.4 Å². The number of hydrogen-bond donors (Lipinski definition) is 1. The van der Waals surface area contributed by atoms with Crippen molar-refractivity contribution in [2.24, 2.45) is 0 Å². The molecule has 1 fully saturated rings. The van der Waals surface area contributed by atoms with Crippen LogP contribution in [0.5, 0.6) is 0 Å². The quantitative estimate of drug-likeness (QED) is 0.942. The van der Waals surface area contributed by atoms with Gasteiger partial charge in [0, 0.05) is 36.5 Å². The van der Waals surface area contributed by atoms with Gasteiger partial charge in [-0.25, -0.2) is 9.97 Å². The zero-order valence-electron chi connectivity index (χ0n) is 13.9.